The van der Waals surface area contributed by atoms with Crippen LogP contribution in [0.5, 0.6) is 0 Å². The Labute approximate surface area is 157 Å². The lowest BCUT2D eigenvalue weighted by Crippen LogP contribution is -2.32. The van der Waals surface area contributed by atoms with Gasteiger partial charge >= 0.3 is 6.09 Å². The number of nitrogens with one attached hydrogen (secondary N) is 1. The number of sulfone groups is 1. The van der Waals surface area contributed by atoms with E-state index in [4.69, 9.17) is 17.0 Å². The number of hydrogen-bond donors (Lipinski definition) is 1. The van der Waals surface area contributed by atoms with Gasteiger partial charge < -0.3 is 10.1 Å². The van der Waals surface area contributed by atoms with Gasteiger partial charge in [0.1, 0.15) is 21.8 Å². The molecule has 1 aromatic carbocycles. The molecule has 2 fully saturated rings. The fourth-order valence-corrected chi connectivity index (χ4v) is 4.89. The predicted octanol–water partition coefficient (Wildman–Crippen LogP) is 2.38. The van der Waals surface area contributed by atoms with Crippen LogP contribution in [-0.4, -0.2) is 50.2 Å². The highest BCUT2D eigenvalue weighted by Gasteiger charge is 2.33. The number of anilines is 1. The van der Waals surface area contributed by atoms with E-state index in [1.165, 1.54) is 11.0 Å². The highest BCUT2D eigenvalue weighted by molar-refractivity contribution is 7.91. The Hall–Kier alpha value is -1.74. The lowest BCUT2D eigenvalue weighted by Gasteiger charge is -2.23. The van der Waals surface area contributed by atoms with Crippen molar-refractivity contribution in [1.82, 2.24) is 5.32 Å². The number of hydrogen-bond acceptors (Lipinski definition) is 5. The molecule has 2 heterocycles. The van der Waals surface area contributed by atoms with Gasteiger partial charge in [0.2, 0.25) is 0 Å². The molecule has 1 atom stereocenters. The van der Waals surface area contributed by atoms with Crippen molar-refractivity contribution in [2.75, 3.05) is 29.5 Å². The summed E-state index contributed by atoms with van der Waals surface area (Å²) in [5.41, 5.74) is 0.937. The topological polar surface area (TPSA) is 75.7 Å². The maximum atomic E-state index is 14.6. The average molecular weight is 400 g/mol. The molecule has 26 heavy (non-hydrogen) atoms. The summed E-state index contributed by atoms with van der Waals surface area (Å²) in [6.45, 7) is 2.47. The van der Waals surface area contributed by atoms with Crippen molar-refractivity contribution in [3.8, 4) is 0 Å². The number of benzene rings is 1. The predicted molar refractivity (Wildman–Crippen MR) is 101 cm³/mol. The van der Waals surface area contributed by atoms with Gasteiger partial charge in [0, 0.05) is 0 Å². The number of amides is 1. The van der Waals surface area contributed by atoms with Crippen LogP contribution in [0.3, 0.4) is 0 Å². The first-order chi connectivity index (χ1) is 12.2. The zero-order chi connectivity index (χ0) is 18.9. The van der Waals surface area contributed by atoms with Gasteiger partial charge in [-0.3, -0.25) is 4.90 Å². The van der Waals surface area contributed by atoms with E-state index in [9.17, 15) is 17.6 Å². The van der Waals surface area contributed by atoms with E-state index in [0.717, 1.165) is 0 Å². The number of carbonyl (C=O) groups excluding carboxylic acids is 1. The molecule has 0 radical (unpaired) electrons. The zero-order valence-electron chi connectivity index (χ0n) is 14.4. The average Bonchev–Trinajstić information content (AvgIpc) is 2.94. The molecule has 2 saturated heterocycles. The second-order valence-electron chi connectivity index (χ2n) is 6.69. The molecular weight excluding hydrogens is 379 g/mol. The normalized spacial score (nSPS) is 22.9. The van der Waals surface area contributed by atoms with Crippen LogP contribution in [0.2, 0.25) is 0 Å². The molecule has 2 aliphatic heterocycles. The first kappa shape index (κ1) is 19.0. The maximum Gasteiger partial charge on any atom is 0.414 e. The molecule has 0 saturated carbocycles. The quantitative estimate of drug-likeness (QED) is 0.782. The van der Waals surface area contributed by atoms with Gasteiger partial charge in [0.05, 0.1) is 35.3 Å². The second-order valence-corrected chi connectivity index (χ2v) is 9.60. The molecule has 0 spiro atoms. The maximum absolute atomic E-state index is 14.6. The minimum Gasteiger partial charge on any atom is -0.442 e. The van der Waals surface area contributed by atoms with Crippen molar-refractivity contribution in [2.24, 2.45) is 0 Å². The minimum atomic E-state index is -2.99. The SMILES string of the molecule is CC(=S)NC[C@H]1CN(c2ccc(C3CCS(=O)(=O)CC3)c(F)c2)C(=O)O1. The summed E-state index contributed by atoms with van der Waals surface area (Å²) in [4.78, 5) is 14.1. The fraction of sp³-hybridized carbons (Fsp3) is 0.529. The molecule has 0 aliphatic carbocycles. The summed E-state index contributed by atoms with van der Waals surface area (Å²) < 4.78 is 42.9. The number of thiocarbonyl (C=S) groups is 1. The largest absolute Gasteiger partial charge is 0.442 e. The highest BCUT2D eigenvalue weighted by atomic mass is 32.2. The Bertz CT molecular complexity index is 814. The molecular formula is C17H21FN2O4S2. The number of carbonyl (C=O) groups is 1. The summed E-state index contributed by atoms with van der Waals surface area (Å²) in [5.74, 6) is -0.354. The number of rotatable bonds is 4. The molecule has 0 aromatic heterocycles. The van der Waals surface area contributed by atoms with E-state index < -0.39 is 21.7 Å². The van der Waals surface area contributed by atoms with Crippen LogP contribution in [0.4, 0.5) is 14.9 Å². The summed E-state index contributed by atoms with van der Waals surface area (Å²) in [7, 11) is -2.99. The molecule has 1 N–H and O–H groups in total. The molecule has 1 aromatic rings. The van der Waals surface area contributed by atoms with Crippen LogP contribution in [-0.2, 0) is 14.6 Å². The summed E-state index contributed by atoms with van der Waals surface area (Å²) in [5, 5.41) is 2.95. The van der Waals surface area contributed by atoms with Crippen LogP contribution < -0.4 is 10.2 Å². The third-order valence-electron chi connectivity index (χ3n) is 4.74. The lowest BCUT2D eigenvalue weighted by atomic mass is 9.93. The van der Waals surface area contributed by atoms with Crippen molar-refractivity contribution < 1.29 is 22.3 Å². The lowest BCUT2D eigenvalue weighted by molar-refractivity contribution is 0.143. The summed E-state index contributed by atoms with van der Waals surface area (Å²) in [6.07, 6.45) is -0.0224. The van der Waals surface area contributed by atoms with Crippen molar-refractivity contribution in [3.05, 3.63) is 29.6 Å². The van der Waals surface area contributed by atoms with E-state index in [1.54, 1.807) is 19.1 Å². The van der Waals surface area contributed by atoms with Crippen molar-refractivity contribution in [1.29, 1.82) is 0 Å². The summed E-state index contributed by atoms with van der Waals surface area (Å²) >= 11 is 4.94. The molecule has 2 aliphatic rings. The molecule has 0 unspecified atom stereocenters. The van der Waals surface area contributed by atoms with E-state index in [-0.39, 0.29) is 23.5 Å². The summed E-state index contributed by atoms with van der Waals surface area (Å²) in [6, 6.07) is 4.65. The number of halogens is 1. The van der Waals surface area contributed by atoms with Gasteiger partial charge in [0.25, 0.3) is 0 Å². The minimum absolute atomic E-state index is 0.0886. The van der Waals surface area contributed by atoms with Crippen LogP contribution >= 0.6 is 12.2 Å². The first-order valence-electron chi connectivity index (χ1n) is 8.47. The van der Waals surface area contributed by atoms with Gasteiger partial charge in [-0.25, -0.2) is 17.6 Å². The third kappa shape index (κ3) is 4.32. The highest BCUT2D eigenvalue weighted by Crippen LogP contribution is 2.33. The van der Waals surface area contributed by atoms with E-state index >= 15 is 0 Å². The van der Waals surface area contributed by atoms with Crippen molar-refractivity contribution in [2.45, 2.75) is 31.8 Å². The molecule has 1 amide bonds. The van der Waals surface area contributed by atoms with E-state index in [1.807, 2.05) is 0 Å². The van der Waals surface area contributed by atoms with Crippen LogP contribution in [0.25, 0.3) is 0 Å². The molecule has 3 rings (SSSR count). The van der Waals surface area contributed by atoms with E-state index in [2.05, 4.69) is 5.32 Å². The van der Waals surface area contributed by atoms with Crippen LogP contribution in [0, 0.1) is 5.82 Å². The standard InChI is InChI=1S/C17H21FN2O4S2/c1-11(25)19-9-14-10-20(17(21)24-14)13-2-3-15(16(18)8-13)12-4-6-26(22,23)7-5-12/h2-3,8,12,14H,4-7,9-10H2,1H3,(H,19,25)/t14-/m0/s1. The Morgan fingerprint density at radius 2 is 2.08 bits per heavy atom. The Morgan fingerprint density at radius 3 is 2.69 bits per heavy atom. The molecule has 6 nitrogen and oxygen atoms in total. The smallest absolute Gasteiger partial charge is 0.414 e. The van der Waals surface area contributed by atoms with Gasteiger partial charge in [-0.15, -0.1) is 0 Å². The second kappa shape index (κ2) is 7.48. The third-order valence-corrected chi connectivity index (χ3v) is 6.60. The first-order valence-corrected chi connectivity index (χ1v) is 10.7. The Balaban J connectivity index is 1.69. The number of cyclic esters (lactones) is 1. The fourth-order valence-electron chi connectivity index (χ4n) is 3.31. The van der Waals surface area contributed by atoms with E-state index in [0.29, 0.717) is 42.2 Å². The van der Waals surface area contributed by atoms with Gasteiger partial charge in [-0.1, -0.05) is 18.3 Å². The van der Waals surface area contributed by atoms with Gasteiger partial charge in [-0.05, 0) is 43.4 Å². The Morgan fingerprint density at radius 1 is 1.38 bits per heavy atom. The number of ether oxygens (including phenoxy) is 1. The van der Waals surface area contributed by atoms with Crippen molar-refractivity contribution in [3.63, 3.8) is 0 Å². The van der Waals surface area contributed by atoms with Crippen LogP contribution in [0.1, 0.15) is 31.2 Å². The molecule has 0 bridgehead atoms. The van der Waals surface area contributed by atoms with Gasteiger partial charge in [0.15, 0.2) is 0 Å². The van der Waals surface area contributed by atoms with Crippen LogP contribution in [0.15, 0.2) is 18.2 Å². The van der Waals surface area contributed by atoms with Crippen molar-refractivity contribution >= 4 is 38.8 Å². The number of nitrogens with zero attached hydrogens (tertiary/aromatic N) is 1. The Kier molecular flexibility index (Phi) is 5.47. The zero-order valence-corrected chi connectivity index (χ0v) is 16.0. The molecule has 9 heteroatoms. The molecule has 142 valence electrons. The monoisotopic (exact) mass is 400 g/mol. The van der Waals surface area contributed by atoms with Gasteiger partial charge in [-0.2, -0.15) is 0 Å².